The third-order valence-corrected chi connectivity index (χ3v) is 3.22. The van der Waals surface area contributed by atoms with Crippen LogP contribution in [0.5, 0.6) is 0 Å². The fraction of sp³-hybridized carbons (Fsp3) is 0.333. The Morgan fingerprint density at radius 1 is 1.29 bits per heavy atom. The molecule has 112 valence electrons. The summed E-state index contributed by atoms with van der Waals surface area (Å²) < 4.78 is 12.8. The first-order chi connectivity index (χ1) is 10.1. The minimum Gasteiger partial charge on any atom is -0.338 e. The molecule has 3 amide bonds. The number of rotatable bonds is 3. The molecule has 1 heterocycles. The zero-order chi connectivity index (χ0) is 15.2. The Balaban J connectivity index is 1.92. The molecule has 0 atom stereocenters. The van der Waals surface area contributed by atoms with Crippen LogP contribution in [0.1, 0.15) is 13.3 Å². The number of nitrogens with one attached hydrogen (secondary N) is 2. The van der Waals surface area contributed by atoms with Gasteiger partial charge in [-0.2, -0.15) is 0 Å². The Kier molecular flexibility index (Phi) is 4.92. The number of amides is 3. The number of hydrogen-bond acceptors (Lipinski definition) is 2. The summed E-state index contributed by atoms with van der Waals surface area (Å²) in [5.74, 6) is -0.556. The van der Waals surface area contributed by atoms with Crippen molar-refractivity contribution in [3.05, 3.63) is 41.7 Å². The molecule has 0 aromatic heterocycles. The summed E-state index contributed by atoms with van der Waals surface area (Å²) in [6, 6.07) is 5.49. The van der Waals surface area contributed by atoms with Crippen molar-refractivity contribution in [3.8, 4) is 0 Å². The number of nitrogens with zero attached hydrogens (tertiary/aromatic N) is 1. The molecule has 1 aromatic carbocycles. The van der Waals surface area contributed by atoms with Gasteiger partial charge in [-0.25, -0.2) is 9.18 Å². The van der Waals surface area contributed by atoms with E-state index in [1.54, 1.807) is 11.0 Å². The highest BCUT2D eigenvalue weighted by atomic mass is 19.1. The quantitative estimate of drug-likeness (QED) is 0.896. The molecule has 0 fully saturated rings. The molecular weight excluding hydrogens is 273 g/mol. The monoisotopic (exact) mass is 291 g/mol. The van der Waals surface area contributed by atoms with Gasteiger partial charge < -0.3 is 15.5 Å². The Morgan fingerprint density at radius 2 is 2.00 bits per heavy atom. The van der Waals surface area contributed by atoms with E-state index >= 15 is 0 Å². The summed E-state index contributed by atoms with van der Waals surface area (Å²) in [5.41, 5.74) is 1.19. The second kappa shape index (κ2) is 6.88. The smallest absolute Gasteiger partial charge is 0.317 e. The highest BCUT2D eigenvalue weighted by molar-refractivity contribution is 6.03. The Bertz CT molecular complexity index is 555. The van der Waals surface area contributed by atoms with Crippen LogP contribution >= 0.6 is 0 Å². The highest BCUT2D eigenvalue weighted by Crippen LogP contribution is 2.15. The van der Waals surface area contributed by atoms with E-state index in [1.165, 1.54) is 24.3 Å². The van der Waals surface area contributed by atoms with Gasteiger partial charge in [-0.1, -0.05) is 6.08 Å². The molecule has 0 unspecified atom stereocenters. The number of halogens is 1. The molecule has 0 bridgehead atoms. The lowest BCUT2D eigenvalue weighted by Crippen LogP contribution is -2.42. The van der Waals surface area contributed by atoms with E-state index in [4.69, 9.17) is 0 Å². The van der Waals surface area contributed by atoms with Crippen molar-refractivity contribution in [2.75, 3.05) is 25.0 Å². The van der Waals surface area contributed by atoms with Gasteiger partial charge in [0, 0.05) is 30.9 Å². The molecule has 1 aromatic rings. The van der Waals surface area contributed by atoms with E-state index in [-0.39, 0.29) is 17.8 Å². The van der Waals surface area contributed by atoms with Crippen molar-refractivity contribution in [2.45, 2.75) is 13.3 Å². The molecule has 1 aliphatic rings. The van der Waals surface area contributed by atoms with Gasteiger partial charge in [0.15, 0.2) is 0 Å². The van der Waals surface area contributed by atoms with Gasteiger partial charge in [0.25, 0.3) is 5.91 Å². The maximum atomic E-state index is 12.8. The zero-order valence-electron chi connectivity index (χ0n) is 11.9. The Hall–Kier alpha value is -2.37. The van der Waals surface area contributed by atoms with E-state index in [0.717, 1.165) is 0 Å². The van der Waals surface area contributed by atoms with Crippen molar-refractivity contribution in [3.63, 3.8) is 0 Å². The number of benzene rings is 1. The summed E-state index contributed by atoms with van der Waals surface area (Å²) in [4.78, 5) is 25.4. The Morgan fingerprint density at radius 3 is 2.57 bits per heavy atom. The average molecular weight is 291 g/mol. The summed E-state index contributed by atoms with van der Waals surface area (Å²) >= 11 is 0. The normalized spacial score (nSPS) is 14.4. The van der Waals surface area contributed by atoms with Gasteiger partial charge in [0.05, 0.1) is 0 Å². The topological polar surface area (TPSA) is 61.4 Å². The first-order valence-electron chi connectivity index (χ1n) is 6.89. The lowest BCUT2D eigenvalue weighted by Gasteiger charge is -2.26. The first kappa shape index (κ1) is 15.0. The Labute approximate surface area is 122 Å². The first-order valence-corrected chi connectivity index (χ1v) is 6.89. The standard InChI is InChI=1S/C15H18FN3O2/c1-2-17-15(21)19-9-7-11(8-10-19)14(20)18-13-5-3-12(16)4-6-13/h3-7H,2,8-10H2,1H3,(H,17,21)(H,18,20). The minimum absolute atomic E-state index is 0.119. The maximum Gasteiger partial charge on any atom is 0.317 e. The predicted octanol–water partition coefficient (Wildman–Crippen LogP) is 2.13. The molecular formula is C15H18FN3O2. The van der Waals surface area contributed by atoms with Gasteiger partial charge in [-0.15, -0.1) is 0 Å². The molecule has 6 heteroatoms. The predicted molar refractivity (Wildman–Crippen MR) is 78.4 cm³/mol. The van der Waals surface area contributed by atoms with E-state index in [1.807, 2.05) is 6.92 Å². The molecule has 2 rings (SSSR count). The number of carbonyl (C=O) groups excluding carboxylic acids is 2. The molecule has 21 heavy (non-hydrogen) atoms. The second-order valence-electron chi connectivity index (χ2n) is 4.72. The van der Waals surface area contributed by atoms with Crippen molar-refractivity contribution < 1.29 is 14.0 Å². The molecule has 1 aliphatic heterocycles. The van der Waals surface area contributed by atoms with Gasteiger partial charge in [0.2, 0.25) is 0 Å². The van der Waals surface area contributed by atoms with E-state index < -0.39 is 0 Å². The molecule has 0 aliphatic carbocycles. The lowest BCUT2D eigenvalue weighted by atomic mass is 10.1. The molecule has 2 N–H and O–H groups in total. The zero-order valence-corrected chi connectivity index (χ0v) is 11.9. The number of hydrogen-bond donors (Lipinski definition) is 2. The van der Waals surface area contributed by atoms with Crippen LogP contribution in [0.15, 0.2) is 35.9 Å². The SMILES string of the molecule is CCNC(=O)N1CC=C(C(=O)Nc2ccc(F)cc2)CC1. The van der Waals surface area contributed by atoms with Crippen LogP contribution in [0.2, 0.25) is 0 Å². The highest BCUT2D eigenvalue weighted by Gasteiger charge is 2.20. The van der Waals surface area contributed by atoms with E-state index in [2.05, 4.69) is 10.6 Å². The number of carbonyl (C=O) groups is 2. The third kappa shape index (κ3) is 4.05. The summed E-state index contributed by atoms with van der Waals surface area (Å²) in [6.07, 6.45) is 2.25. The van der Waals surface area contributed by atoms with E-state index in [9.17, 15) is 14.0 Å². The van der Waals surface area contributed by atoms with Gasteiger partial charge in [0.1, 0.15) is 5.82 Å². The average Bonchev–Trinajstić information content (AvgIpc) is 2.50. The molecule has 0 saturated carbocycles. The van der Waals surface area contributed by atoms with E-state index in [0.29, 0.717) is 37.3 Å². The minimum atomic E-state index is -0.345. The molecule has 5 nitrogen and oxygen atoms in total. The summed E-state index contributed by atoms with van der Waals surface area (Å²) in [5, 5.41) is 5.44. The van der Waals surface area contributed by atoms with Crippen LogP contribution in [-0.2, 0) is 4.79 Å². The van der Waals surface area contributed by atoms with Crippen LogP contribution in [-0.4, -0.2) is 36.5 Å². The fourth-order valence-corrected chi connectivity index (χ4v) is 2.07. The molecule has 0 spiro atoms. The largest absolute Gasteiger partial charge is 0.338 e. The third-order valence-electron chi connectivity index (χ3n) is 3.22. The number of anilines is 1. The van der Waals surface area contributed by atoms with Crippen molar-refractivity contribution in [1.29, 1.82) is 0 Å². The van der Waals surface area contributed by atoms with Gasteiger partial charge >= 0.3 is 6.03 Å². The van der Waals surface area contributed by atoms with Crippen LogP contribution < -0.4 is 10.6 Å². The molecule has 0 saturated heterocycles. The van der Waals surface area contributed by atoms with Crippen molar-refractivity contribution in [2.24, 2.45) is 0 Å². The van der Waals surface area contributed by atoms with Crippen LogP contribution in [0.25, 0.3) is 0 Å². The number of urea groups is 1. The summed E-state index contributed by atoms with van der Waals surface area (Å²) in [6.45, 7) is 3.36. The van der Waals surface area contributed by atoms with Crippen molar-refractivity contribution >= 4 is 17.6 Å². The van der Waals surface area contributed by atoms with Gasteiger partial charge in [-0.3, -0.25) is 4.79 Å². The summed E-state index contributed by atoms with van der Waals surface area (Å²) in [7, 11) is 0. The van der Waals surface area contributed by atoms with Gasteiger partial charge in [-0.05, 0) is 37.6 Å². The fourth-order valence-electron chi connectivity index (χ4n) is 2.07. The maximum absolute atomic E-state index is 12.8. The van der Waals surface area contributed by atoms with Crippen molar-refractivity contribution in [1.82, 2.24) is 10.2 Å². The van der Waals surface area contributed by atoms with Crippen LogP contribution in [0, 0.1) is 5.82 Å². The second-order valence-corrected chi connectivity index (χ2v) is 4.72. The lowest BCUT2D eigenvalue weighted by molar-refractivity contribution is -0.113. The van der Waals surface area contributed by atoms with Crippen LogP contribution in [0.4, 0.5) is 14.9 Å². The molecule has 0 radical (unpaired) electrons. The van der Waals surface area contributed by atoms with Crippen LogP contribution in [0.3, 0.4) is 0 Å².